The first kappa shape index (κ1) is 10.5. The molecule has 0 atom stereocenters. The first-order valence-corrected chi connectivity index (χ1v) is 5.71. The summed E-state index contributed by atoms with van der Waals surface area (Å²) in [5.41, 5.74) is 1.89. The molecular weight excluding hydrogens is 220 g/mol. The molecule has 0 spiro atoms. The highest BCUT2D eigenvalue weighted by Crippen LogP contribution is 2.08. The van der Waals surface area contributed by atoms with Crippen LogP contribution < -0.4 is 0 Å². The Hall–Kier alpha value is -2.66. The van der Waals surface area contributed by atoms with Gasteiger partial charge < -0.3 is 0 Å². The van der Waals surface area contributed by atoms with Gasteiger partial charge in [0.15, 0.2) is 0 Å². The van der Waals surface area contributed by atoms with E-state index in [-0.39, 0.29) is 0 Å². The van der Waals surface area contributed by atoms with Gasteiger partial charge in [0.2, 0.25) is 5.82 Å². The van der Waals surface area contributed by atoms with Gasteiger partial charge in [-0.2, -0.15) is 0 Å². The van der Waals surface area contributed by atoms with Gasteiger partial charge in [0.05, 0.1) is 5.52 Å². The van der Waals surface area contributed by atoms with Crippen LogP contribution in [0.5, 0.6) is 0 Å². The predicted molar refractivity (Wildman–Crippen MR) is 72.0 cm³/mol. The fourth-order valence-corrected chi connectivity index (χ4v) is 1.68. The van der Waals surface area contributed by atoms with Gasteiger partial charge in [0.25, 0.3) is 0 Å². The molecule has 0 saturated carbocycles. The van der Waals surface area contributed by atoms with Gasteiger partial charge in [-0.1, -0.05) is 42.3 Å². The maximum Gasteiger partial charge on any atom is 0.205 e. The highest BCUT2D eigenvalue weighted by molar-refractivity contribution is 5.77. The molecule has 3 aromatic rings. The molecule has 2 heteroatoms. The molecule has 84 valence electrons. The van der Waals surface area contributed by atoms with Crippen LogP contribution in [-0.4, -0.2) is 9.97 Å². The zero-order valence-electron chi connectivity index (χ0n) is 9.67. The molecule has 1 aromatic heterocycles. The minimum atomic E-state index is 0.553. The zero-order valence-corrected chi connectivity index (χ0v) is 9.67. The Labute approximate surface area is 105 Å². The van der Waals surface area contributed by atoms with Crippen LogP contribution in [0.25, 0.3) is 10.9 Å². The van der Waals surface area contributed by atoms with E-state index in [1.807, 2.05) is 54.6 Å². The fourth-order valence-electron chi connectivity index (χ4n) is 1.68. The average Bonchev–Trinajstić information content (AvgIpc) is 2.46. The van der Waals surface area contributed by atoms with Crippen molar-refractivity contribution in [1.82, 2.24) is 9.97 Å². The number of para-hydroxylation sites is 1. The smallest absolute Gasteiger partial charge is 0.205 e. The van der Waals surface area contributed by atoms with E-state index in [1.165, 1.54) is 0 Å². The zero-order chi connectivity index (χ0) is 12.2. The minimum Gasteiger partial charge on any atom is -0.229 e. The Balaban J connectivity index is 1.99. The average molecular weight is 230 g/mol. The van der Waals surface area contributed by atoms with Gasteiger partial charge in [-0.05, 0) is 24.1 Å². The van der Waals surface area contributed by atoms with Crippen molar-refractivity contribution in [3.05, 3.63) is 72.2 Å². The van der Waals surface area contributed by atoms with Crippen LogP contribution in [-0.2, 0) is 0 Å². The third kappa shape index (κ3) is 2.21. The Morgan fingerprint density at radius 2 is 1.56 bits per heavy atom. The molecule has 2 nitrogen and oxygen atoms in total. The molecule has 0 radical (unpaired) electrons. The first-order chi connectivity index (χ1) is 8.92. The normalized spacial score (nSPS) is 9.78. The number of hydrogen-bond acceptors (Lipinski definition) is 2. The van der Waals surface area contributed by atoms with Gasteiger partial charge in [-0.15, -0.1) is 0 Å². The highest BCUT2D eigenvalue weighted by atomic mass is 14.9. The first-order valence-electron chi connectivity index (χ1n) is 5.71. The summed E-state index contributed by atoms with van der Waals surface area (Å²) in [4.78, 5) is 8.64. The molecule has 2 aromatic carbocycles. The van der Waals surface area contributed by atoms with Crippen molar-refractivity contribution < 1.29 is 0 Å². The second-order valence-corrected chi connectivity index (χ2v) is 3.87. The highest BCUT2D eigenvalue weighted by Gasteiger charge is 1.95. The summed E-state index contributed by atoms with van der Waals surface area (Å²) in [5, 5.41) is 1.03. The van der Waals surface area contributed by atoms with Crippen LogP contribution in [0.2, 0.25) is 0 Å². The van der Waals surface area contributed by atoms with E-state index >= 15 is 0 Å². The van der Waals surface area contributed by atoms with Crippen LogP contribution in [0.3, 0.4) is 0 Å². The van der Waals surface area contributed by atoms with Gasteiger partial charge in [0.1, 0.15) is 0 Å². The lowest BCUT2D eigenvalue weighted by Gasteiger charge is -1.95. The summed E-state index contributed by atoms with van der Waals surface area (Å²) in [7, 11) is 0. The van der Waals surface area contributed by atoms with Crippen LogP contribution in [0, 0.1) is 11.8 Å². The lowest BCUT2D eigenvalue weighted by Crippen LogP contribution is -1.89. The van der Waals surface area contributed by atoms with Gasteiger partial charge in [-0.25, -0.2) is 9.97 Å². The quantitative estimate of drug-likeness (QED) is 0.555. The number of fused-ring (bicyclic) bond motifs is 1. The summed E-state index contributed by atoms with van der Waals surface area (Å²) in [6.45, 7) is 0. The van der Waals surface area contributed by atoms with Crippen LogP contribution in [0.15, 0.2) is 60.8 Å². The van der Waals surface area contributed by atoms with Gasteiger partial charge in [-0.3, -0.25) is 0 Å². The molecule has 1 heterocycles. The monoisotopic (exact) mass is 230 g/mol. The van der Waals surface area contributed by atoms with E-state index in [4.69, 9.17) is 0 Å². The molecule has 0 aliphatic rings. The third-order valence-corrected chi connectivity index (χ3v) is 2.58. The number of benzene rings is 2. The van der Waals surface area contributed by atoms with Crippen molar-refractivity contribution in [3.8, 4) is 11.8 Å². The molecule has 0 fully saturated rings. The number of aromatic nitrogens is 2. The van der Waals surface area contributed by atoms with Crippen molar-refractivity contribution in [2.75, 3.05) is 0 Å². The molecule has 0 aliphatic heterocycles. The van der Waals surface area contributed by atoms with Crippen molar-refractivity contribution >= 4 is 10.9 Å². The maximum atomic E-state index is 4.41. The minimum absolute atomic E-state index is 0.553. The Morgan fingerprint density at radius 3 is 2.44 bits per heavy atom. The van der Waals surface area contributed by atoms with Crippen molar-refractivity contribution in [2.24, 2.45) is 0 Å². The summed E-state index contributed by atoms with van der Waals surface area (Å²) in [5.74, 6) is 6.58. The second kappa shape index (κ2) is 4.68. The standard InChI is InChI=1S/C16H10N2/c1-2-6-13(7-3-1)10-11-16-17-12-14-8-4-5-9-15(14)18-16/h1-9,12H. The van der Waals surface area contributed by atoms with E-state index < -0.39 is 0 Å². The summed E-state index contributed by atoms with van der Waals surface area (Å²) < 4.78 is 0. The van der Waals surface area contributed by atoms with E-state index in [2.05, 4.69) is 21.8 Å². The molecule has 0 saturated heterocycles. The molecule has 0 aliphatic carbocycles. The van der Waals surface area contributed by atoms with Crippen LogP contribution in [0.1, 0.15) is 11.4 Å². The summed E-state index contributed by atoms with van der Waals surface area (Å²) >= 11 is 0. The predicted octanol–water partition coefficient (Wildman–Crippen LogP) is 3.03. The number of nitrogens with zero attached hydrogens (tertiary/aromatic N) is 2. The van der Waals surface area contributed by atoms with E-state index in [9.17, 15) is 0 Å². The fraction of sp³-hybridized carbons (Fsp3) is 0. The molecule has 0 bridgehead atoms. The molecule has 3 rings (SSSR count). The van der Waals surface area contributed by atoms with E-state index in [0.717, 1.165) is 16.5 Å². The summed E-state index contributed by atoms with van der Waals surface area (Å²) in [6, 6.07) is 17.7. The second-order valence-electron chi connectivity index (χ2n) is 3.87. The topological polar surface area (TPSA) is 25.8 Å². The number of rotatable bonds is 0. The largest absolute Gasteiger partial charge is 0.229 e. The van der Waals surface area contributed by atoms with Crippen molar-refractivity contribution in [3.63, 3.8) is 0 Å². The Morgan fingerprint density at radius 1 is 0.778 bits per heavy atom. The maximum absolute atomic E-state index is 4.41. The van der Waals surface area contributed by atoms with E-state index in [0.29, 0.717) is 5.82 Å². The molecule has 18 heavy (non-hydrogen) atoms. The molecule has 0 unspecified atom stereocenters. The van der Waals surface area contributed by atoms with Gasteiger partial charge >= 0.3 is 0 Å². The number of hydrogen-bond donors (Lipinski definition) is 0. The lowest BCUT2D eigenvalue weighted by molar-refractivity contribution is 1.17. The molecule has 0 N–H and O–H groups in total. The van der Waals surface area contributed by atoms with E-state index in [1.54, 1.807) is 6.20 Å². The molecule has 0 amide bonds. The third-order valence-electron chi connectivity index (χ3n) is 2.58. The van der Waals surface area contributed by atoms with Crippen LogP contribution >= 0.6 is 0 Å². The Kier molecular flexibility index (Phi) is 2.73. The summed E-state index contributed by atoms with van der Waals surface area (Å²) in [6.07, 6.45) is 1.80. The lowest BCUT2D eigenvalue weighted by atomic mass is 10.2. The van der Waals surface area contributed by atoms with Gasteiger partial charge in [0, 0.05) is 17.1 Å². The van der Waals surface area contributed by atoms with Crippen LogP contribution in [0.4, 0.5) is 0 Å². The Bertz CT molecular complexity index is 737. The SMILES string of the molecule is C(#Cc1ncc2ccccc2n1)c1ccccc1. The van der Waals surface area contributed by atoms with Crippen molar-refractivity contribution in [1.29, 1.82) is 0 Å². The van der Waals surface area contributed by atoms with Crippen molar-refractivity contribution in [2.45, 2.75) is 0 Å². The molecular formula is C16H10N2.